The molecule has 4 heteroatoms. The molecule has 0 fully saturated rings. The average Bonchev–Trinajstić information content (AvgIpc) is 3.31. The van der Waals surface area contributed by atoms with E-state index in [0.29, 0.717) is 11.1 Å². The Balaban J connectivity index is 1.21. The number of aliphatic imine (C=N–C) groups is 1. The molecule has 59 heavy (non-hydrogen) atoms. The highest BCUT2D eigenvalue weighted by Gasteiger charge is 2.38. The first kappa shape index (κ1) is 35.4. The van der Waals surface area contributed by atoms with Crippen LogP contribution in [-0.2, 0) is 5.54 Å². The molecule has 9 aromatic carbocycles. The molecule has 1 aliphatic heterocycles. The summed E-state index contributed by atoms with van der Waals surface area (Å²) in [7, 11) is 0. The summed E-state index contributed by atoms with van der Waals surface area (Å²) in [5.74, 6) is 0.780. The second kappa shape index (κ2) is 14.5. The zero-order valence-corrected chi connectivity index (χ0v) is 32.3. The average molecular weight is 753 g/mol. The second-order valence-electron chi connectivity index (χ2n) is 15.2. The molecule has 0 aliphatic carbocycles. The van der Waals surface area contributed by atoms with Crippen LogP contribution in [0.4, 0.5) is 5.69 Å². The van der Waals surface area contributed by atoms with Crippen LogP contribution in [0.1, 0.15) is 34.7 Å². The van der Waals surface area contributed by atoms with Crippen LogP contribution in [0.2, 0.25) is 0 Å². The first-order chi connectivity index (χ1) is 29.0. The van der Waals surface area contributed by atoms with Gasteiger partial charge in [-0.2, -0.15) is 10.5 Å². The Morgan fingerprint density at radius 2 is 0.898 bits per heavy atom. The molecule has 1 aliphatic rings. The van der Waals surface area contributed by atoms with Crippen LogP contribution in [0.15, 0.2) is 199 Å². The van der Waals surface area contributed by atoms with E-state index in [4.69, 9.17) is 4.99 Å². The number of nitriles is 2. The molecule has 1 heterocycles. The summed E-state index contributed by atoms with van der Waals surface area (Å²) in [5.41, 5.74) is 13.4. The summed E-state index contributed by atoms with van der Waals surface area (Å²) in [6, 6.07) is 72.0. The maximum atomic E-state index is 9.39. The van der Waals surface area contributed by atoms with Crippen LogP contribution >= 0.6 is 0 Å². The molecule has 0 saturated carbocycles. The standard InChI is InChI=1S/C55H36N4/c1-55(46-30-28-41(29-31-46)39-22-18-37(35-57)19-23-39)52-33-45(49-14-6-10-42-8-2-4-12-47(42)49)32-51(50-15-7-11-43-9-3-5-13-48(43)50)53(52)58-54(59-55)44-26-24-40(25-27-44)38-20-16-36(34-56)17-21-38/h2-33H,1H3,(H,58,59). The largest absolute Gasteiger partial charge is 0.356 e. The lowest BCUT2D eigenvalue weighted by Crippen LogP contribution is -2.47. The van der Waals surface area contributed by atoms with Crippen molar-refractivity contribution in [2.24, 2.45) is 4.99 Å². The molecule has 1 atom stereocenters. The Hall–Kier alpha value is -8.05. The Labute approximate surface area is 343 Å². The Morgan fingerprint density at radius 3 is 1.46 bits per heavy atom. The van der Waals surface area contributed by atoms with Crippen LogP contribution in [-0.4, -0.2) is 5.84 Å². The highest BCUT2D eigenvalue weighted by Crippen LogP contribution is 2.49. The molecule has 4 nitrogen and oxygen atoms in total. The van der Waals surface area contributed by atoms with Gasteiger partial charge in [-0.3, -0.25) is 0 Å². The summed E-state index contributed by atoms with van der Waals surface area (Å²) in [4.78, 5) is 5.57. The first-order valence-corrected chi connectivity index (χ1v) is 19.7. The summed E-state index contributed by atoms with van der Waals surface area (Å²) in [6.07, 6.45) is 0. The molecule has 0 radical (unpaired) electrons. The van der Waals surface area contributed by atoms with Gasteiger partial charge in [0.15, 0.2) is 0 Å². The molecule has 10 rings (SSSR count). The van der Waals surface area contributed by atoms with E-state index in [1.54, 1.807) is 0 Å². The Kier molecular flexibility index (Phi) is 8.67. The lowest BCUT2D eigenvalue weighted by Gasteiger charge is -2.39. The van der Waals surface area contributed by atoms with Crippen molar-refractivity contribution in [3.63, 3.8) is 0 Å². The van der Waals surface area contributed by atoms with Crippen molar-refractivity contribution in [2.45, 2.75) is 12.5 Å². The number of benzene rings is 9. The van der Waals surface area contributed by atoms with Crippen molar-refractivity contribution in [1.29, 1.82) is 10.5 Å². The molecular formula is C55H36N4. The minimum atomic E-state index is -0.707. The van der Waals surface area contributed by atoms with E-state index >= 15 is 0 Å². The normalized spacial score (nSPS) is 14.5. The number of fused-ring (bicyclic) bond motifs is 3. The fraction of sp³-hybridized carbons (Fsp3) is 0.0364. The van der Waals surface area contributed by atoms with E-state index in [1.807, 2.05) is 48.5 Å². The summed E-state index contributed by atoms with van der Waals surface area (Å²) in [5, 5.41) is 27.4. The van der Waals surface area contributed by atoms with Gasteiger partial charge in [-0.15, -0.1) is 0 Å². The number of amidine groups is 1. The van der Waals surface area contributed by atoms with E-state index < -0.39 is 5.54 Å². The van der Waals surface area contributed by atoms with Gasteiger partial charge in [-0.05, 0) is 109 Å². The Bertz CT molecular complexity index is 3170. The fourth-order valence-corrected chi connectivity index (χ4v) is 8.53. The topological polar surface area (TPSA) is 72.0 Å². The molecule has 0 spiro atoms. The maximum absolute atomic E-state index is 9.39. The van der Waals surface area contributed by atoms with Gasteiger partial charge < -0.3 is 5.32 Å². The predicted molar refractivity (Wildman–Crippen MR) is 241 cm³/mol. The lowest BCUT2D eigenvalue weighted by molar-refractivity contribution is 0.524. The van der Waals surface area contributed by atoms with E-state index in [0.717, 1.165) is 67.2 Å². The van der Waals surface area contributed by atoms with Crippen molar-refractivity contribution in [2.75, 3.05) is 0 Å². The zero-order chi connectivity index (χ0) is 39.9. The molecule has 0 saturated heterocycles. The highest BCUT2D eigenvalue weighted by molar-refractivity contribution is 6.08. The smallest absolute Gasteiger partial charge is 0.134 e. The van der Waals surface area contributed by atoms with Crippen LogP contribution in [0.25, 0.3) is 66.1 Å². The monoisotopic (exact) mass is 752 g/mol. The van der Waals surface area contributed by atoms with Gasteiger partial charge >= 0.3 is 0 Å². The van der Waals surface area contributed by atoms with Crippen molar-refractivity contribution in [3.8, 4) is 56.6 Å². The van der Waals surface area contributed by atoms with Gasteiger partial charge in [-0.1, -0.05) is 158 Å². The maximum Gasteiger partial charge on any atom is 0.134 e. The summed E-state index contributed by atoms with van der Waals surface area (Å²) in [6.45, 7) is 2.27. The van der Waals surface area contributed by atoms with Crippen molar-refractivity contribution in [3.05, 3.63) is 222 Å². The summed E-state index contributed by atoms with van der Waals surface area (Å²) < 4.78 is 0. The second-order valence-corrected chi connectivity index (χ2v) is 15.2. The number of hydrogen-bond donors (Lipinski definition) is 1. The zero-order valence-electron chi connectivity index (χ0n) is 32.3. The van der Waals surface area contributed by atoms with Crippen LogP contribution in [0.3, 0.4) is 0 Å². The van der Waals surface area contributed by atoms with Crippen LogP contribution in [0, 0.1) is 22.7 Å². The lowest BCUT2D eigenvalue weighted by atomic mass is 9.78. The van der Waals surface area contributed by atoms with Crippen molar-refractivity contribution < 1.29 is 0 Å². The number of nitrogens with one attached hydrogen (secondary N) is 1. The summed E-state index contributed by atoms with van der Waals surface area (Å²) >= 11 is 0. The third-order valence-corrected chi connectivity index (χ3v) is 11.7. The van der Waals surface area contributed by atoms with Gasteiger partial charge in [0.05, 0.1) is 34.5 Å². The molecule has 1 unspecified atom stereocenters. The van der Waals surface area contributed by atoms with Gasteiger partial charge in [0.2, 0.25) is 0 Å². The quantitative estimate of drug-likeness (QED) is 0.184. The molecule has 1 N–H and O–H groups in total. The van der Waals surface area contributed by atoms with Gasteiger partial charge in [0.1, 0.15) is 5.84 Å². The molecule has 276 valence electrons. The van der Waals surface area contributed by atoms with Crippen molar-refractivity contribution in [1.82, 2.24) is 5.32 Å². The van der Waals surface area contributed by atoms with Crippen molar-refractivity contribution >= 4 is 33.1 Å². The third-order valence-electron chi connectivity index (χ3n) is 11.7. The number of nitrogens with zero attached hydrogens (tertiary/aromatic N) is 3. The SMILES string of the molecule is CC1(c2ccc(-c3ccc(C#N)cc3)cc2)NC(c2ccc(-c3ccc(C#N)cc3)cc2)=Nc2c(-c3cccc4ccccc34)cc(-c3cccc4ccccc34)cc21. The van der Waals surface area contributed by atoms with E-state index in [2.05, 4.69) is 170 Å². The molecule has 9 aromatic rings. The van der Waals surface area contributed by atoms with Gasteiger partial charge in [0.25, 0.3) is 0 Å². The first-order valence-electron chi connectivity index (χ1n) is 19.7. The van der Waals surface area contributed by atoms with E-state index in [-0.39, 0.29) is 0 Å². The van der Waals surface area contributed by atoms with Crippen LogP contribution < -0.4 is 5.32 Å². The highest BCUT2D eigenvalue weighted by atomic mass is 15.1. The minimum absolute atomic E-state index is 0.639. The third kappa shape index (κ3) is 6.31. The van der Waals surface area contributed by atoms with Gasteiger partial charge in [0, 0.05) is 16.7 Å². The van der Waals surface area contributed by atoms with Crippen LogP contribution in [0.5, 0.6) is 0 Å². The van der Waals surface area contributed by atoms with Gasteiger partial charge in [-0.25, -0.2) is 4.99 Å². The predicted octanol–water partition coefficient (Wildman–Crippen LogP) is 13.3. The number of hydrogen-bond acceptors (Lipinski definition) is 4. The Morgan fingerprint density at radius 1 is 0.441 bits per heavy atom. The molecule has 0 bridgehead atoms. The molecule has 0 amide bonds. The minimum Gasteiger partial charge on any atom is -0.356 e. The van der Waals surface area contributed by atoms with E-state index in [9.17, 15) is 10.5 Å². The molecular weight excluding hydrogens is 717 g/mol. The number of rotatable bonds is 6. The fourth-order valence-electron chi connectivity index (χ4n) is 8.53. The van der Waals surface area contributed by atoms with E-state index in [1.165, 1.54) is 27.1 Å². The molecule has 0 aromatic heterocycles.